The van der Waals surface area contributed by atoms with E-state index in [2.05, 4.69) is 17.1 Å². The van der Waals surface area contributed by atoms with Gasteiger partial charge in [-0.25, -0.2) is 0 Å². The molecule has 1 aromatic heterocycles. The molecule has 2 fully saturated rings. The molecular weight excluding hydrogens is 326 g/mol. The van der Waals surface area contributed by atoms with Gasteiger partial charge in [0.2, 0.25) is 5.91 Å². The van der Waals surface area contributed by atoms with Gasteiger partial charge in [0, 0.05) is 43.0 Å². The fourth-order valence-electron chi connectivity index (χ4n) is 4.26. The number of rotatable bonds is 2. The molecule has 1 aromatic carbocycles. The molecule has 2 aromatic rings. The van der Waals surface area contributed by atoms with Crippen LogP contribution in [0.4, 0.5) is 0 Å². The van der Waals surface area contributed by atoms with E-state index in [0.717, 1.165) is 23.7 Å². The Hall–Kier alpha value is -2.30. The molecule has 5 nitrogen and oxygen atoms in total. The summed E-state index contributed by atoms with van der Waals surface area (Å²) in [5.74, 6) is 0.546. The third-order valence-electron chi connectivity index (χ3n) is 5.84. The number of H-pyrrole nitrogens is 1. The number of hydrogen-bond donors (Lipinski definition) is 1. The largest absolute Gasteiger partial charge is 0.351 e. The number of nitrogens with one attached hydrogen (secondary N) is 1. The van der Waals surface area contributed by atoms with E-state index in [-0.39, 0.29) is 11.8 Å². The minimum atomic E-state index is 0.0311. The number of fused-ring (bicyclic) bond motifs is 1. The van der Waals surface area contributed by atoms with Crippen molar-refractivity contribution in [1.82, 2.24) is 14.8 Å². The van der Waals surface area contributed by atoms with Crippen molar-refractivity contribution < 1.29 is 9.59 Å². The van der Waals surface area contributed by atoms with Gasteiger partial charge in [-0.1, -0.05) is 31.4 Å². The highest BCUT2D eigenvalue weighted by Gasteiger charge is 2.30. The lowest BCUT2D eigenvalue weighted by molar-refractivity contribution is -0.138. The van der Waals surface area contributed by atoms with Crippen LogP contribution in [0.15, 0.2) is 24.3 Å². The van der Waals surface area contributed by atoms with Crippen LogP contribution in [0.2, 0.25) is 0 Å². The molecule has 2 amide bonds. The van der Waals surface area contributed by atoms with Crippen LogP contribution in [0.25, 0.3) is 10.9 Å². The molecule has 0 spiro atoms. The number of carbonyl (C=O) groups excluding carboxylic acids is 2. The average molecular weight is 353 g/mol. The number of benzene rings is 1. The average Bonchev–Trinajstić information content (AvgIpc) is 3.11. The molecule has 4 rings (SSSR count). The number of amides is 2. The minimum absolute atomic E-state index is 0.0311. The summed E-state index contributed by atoms with van der Waals surface area (Å²) in [6, 6.07) is 8.09. The highest BCUT2D eigenvalue weighted by molar-refractivity contribution is 5.98. The van der Waals surface area contributed by atoms with Gasteiger partial charge < -0.3 is 14.8 Å². The fraction of sp³-hybridized carbons (Fsp3) is 0.524. The molecule has 138 valence electrons. The van der Waals surface area contributed by atoms with Crippen LogP contribution in [-0.2, 0) is 4.79 Å². The maximum atomic E-state index is 12.8. The molecule has 1 saturated heterocycles. The van der Waals surface area contributed by atoms with Gasteiger partial charge in [0.25, 0.3) is 5.91 Å². The normalized spacial score (nSPS) is 19.1. The van der Waals surface area contributed by atoms with Crippen LogP contribution in [0.3, 0.4) is 0 Å². The second-order valence-electron chi connectivity index (χ2n) is 7.73. The monoisotopic (exact) mass is 353 g/mol. The number of nitrogens with zero attached hydrogens (tertiary/aromatic N) is 2. The Balaban J connectivity index is 1.38. The van der Waals surface area contributed by atoms with E-state index in [1.165, 1.54) is 24.8 Å². The van der Waals surface area contributed by atoms with E-state index < -0.39 is 0 Å². The van der Waals surface area contributed by atoms with Gasteiger partial charge in [-0.3, -0.25) is 9.59 Å². The van der Waals surface area contributed by atoms with E-state index in [1.54, 1.807) is 0 Å². The molecule has 2 heterocycles. The molecule has 2 aliphatic rings. The lowest BCUT2D eigenvalue weighted by atomic mass is 9.88. The highest BCUT2D eigenvalue weighted by atomic mass is 16.2. The quantitative estimate of drug-likeness (QED) is 0.900. The first-order valence-electron chi connectivity index (χ1n) is 9.79. The van der Waals surface area contributed by atoms with Crippen molar-refractivity contribution in [3.63, 3.8) is 0 Å². The van der Waals surface area contributed by atoms with Crippen molar-refractivity contribution in [2.75, 3.05) is 26.2 Å². The van der Waals surface area contributed by atoms with Crippen LogP contribution in [0.1, 0.15) is 48.2 Å². The standard InChI is InChI=1S/C21H27N3O2/c1-15-7-8-17-14-19(22-18(17)13-15)21(26)24-11-9-23(10-12-24)20(25)16-5-3-2-4-6-16/h7-8,13-14,16,22H,2-6,9-12H2,1H3. The van der Waals surface area contributed by atoms with Gasteiger partial charge in [0.05, 0.1) is 0 Å². The fourth-order valence-corrected chi connectivity index (χ4v) is 4.26. The molecule has 1 aliphatic heterocycles. The van der Waals surface area contributed by atoms with Crippen LogP contribution in [0.5, 0.6) is 0 Å². The molecule has 0 bridgehead atoms. The molecule has 1 saturated carbocycles. The summed E-state index contributed by atoms with van der Waals surface area (Å²) in [7, 11) is 0. The van der Waals surface area contributed by atoms with Gasteiger partial charge in [-0.2, -0.15) is 0 Å². The van der Waals surface area contributed by atoms with Gasteiger partial charge in [-0.15, -0.1) is 0 Å². The van der Waals surface area contributed by atoms with E-state index >= 15 is 0 Å². The molecule has 5 heteroatoms. The zero-order valence-corrected chi connectivity index (χ0v) is 15.5. The van der Waals surface area contributed by atoms with Crippen molar-refractivity contribution in [2.45, 2.75) is 39.0 Å². The van der Waals surface area contributed by atoms with Gasteiger partial charge >= 0.3 is 0 Å². The molecule has 0 radical (unpaired) electrons. The summed E-state index contributed by atoms with van der Waals surface area (Å²) >= 11 is 0. The second-order valence-corrected chi connectivity index (χ2v) is 7.73. The van der Waals surface area contributed by atoms with Crippen molar-refractivity contribution in [3.05, 3.63) is 35.5 Å². The van der Waals surface area contributed by atoms with Gasteiger partial charge in [0.15, 0.2) is 0 Å². The zero-order chi connectivity index (χ0) is 18.1. The van der Waals surface area contributed by atoms with Crippen molar-refractivity contribution in [1.29, 1.82) is 0 Å². The summed E-state index contributed by atoms with van der Waals surface area (Å²) in [5, 5.41) is 1.06. The number of piperazine rings is 1. The Bertz CT molecular complexity index is 812. The number of aryl methyl sites for hydroxylation is 1. The smallest absolute Gasteiger partial charge is 0.270 e. The topological polar surface area (TPSA) is 56.4 Å². The van der Waals surface area contributed by atoms with Crippen LogP contribution in [-0.4, -0.2) is 52.8 Å². The lowest BCUT2D eigenvalue weighted by Crippen LogP contribution is -2.52. The molecule has 0 unspecified atom stereocenters. The number of aromatic nitrogens is 1. The van der Waals surface area contributed by atoms with Crippen molar-refractivity contribution in [3.8, 4) is 0 Å². The van der Waals surface area contributed by atoms with E-state index in [4.69, 9.17) is 0 Å². The maximum Gasteiger partial charge on any atom is 0.270 e. The third kappa shape index (κ3) is 3.35. The third-order valence-corrected chi connectivity index (χ3v) is 5.84. The molecule has 26 heavy (non-hydrogen) atoms. The van der Waals surface area contributed by atoms with E-state index in [9.17, 15) is 9.59 Å². The molecule has 0 atom stereocenters. The Morgan fingerprint density at radius 1 is 0.962 bits per heavy atom. The van der Waals surface area contributed by atoms with Gasteiger partial charge in [0.1, 0.15) is 5.69 Å². The Morgan fingerprint density at radius 3 is 2.38 bits per heavy atom. The SMILES string of the molecule is Cc1ccc2cc(C(=O)N3CCN(C(=O)C4CCCCC4)CC3)[nH]c2c1. The highest BCUT2D eigenvalue weighted by Crippen LogP contribution is 2.26. The molecule has 1 aliphatic carbocycles. The Labute approximate surface area is 154 Å². The van der Waals surface area contributed by atoms with E-state index in [1.807, 2.05) is 28.9 Å². The predicted octanol–water partition coefficient (Wildman–Crippen LogP) is 3.34. The summed E-state index contributed by atoms with van der Waals surface area (Å²) < 4.78 is 0. The summed E-state index contributed by atoms with van der Waals surface area (Å²) in [4.78, 5) is 32.6. The van der Waals surface area contributed by atoms with Crippen molar-refractivity contribution >= 4 is 22.7 Å². The number of aromatic amines is 1. The summed E-state index contributed by atoms with van der Waals surface area (Å²) in [6.45, 7) is 4.59. The molecule has 1 N–H and O–H groups in total. The molecular formula is C21H27N3O2. The Kier molecular flexibility index (Phi) is 4.70. The first-order chi connectivity index (χ1) is 12.6. The van der Waals surface area contributed by atoms with Crippen LogP contribution >= 0.6 is 0 Å². The summed E-state index contributed by atoms with van der Waals surface area (Å²) in [6.07, 6.45) is 5.68. The first kappa shape index (κ1) is 17.1. The number of carbonyl (C=O) groups is 2. The zero-order valence-electron chi connectivity index (χ0n) is 15.5. The second kappa shape index (κ2) is 7.14. The first-order valence-corrected chi connectivity index (χ1v) is 9.79. The van der Waals surface area contributed by atoms with Crippen LogP contribution in [0, 0.1) is 12.8 Å². The van der Waals surface area contributed by atoms with Gasteiger partial charge in [-0.05, 0) is 37.5 Å². The maximum absolute atomic E-state index is 12.8. The van der Waals surface area contributed by atoms with E-state index in [0.29, 0.717) is 37.8 Å². The number of hydrogen-bond acceptors (Lipinski definition) is 2. The predicted molar refractivity (Wildman–Crippen MR) is 102 cm³/mol. The van der Waals surface area contributed by atoms with Crippen LogP contribution < -0.4 is 0 Å². The lowest BCUT2D eigenvalue weighted by Gasteiger charge is -2.37. The van der Waals surface area contributed by atoms with Crippen molar-refractivity contribution in [2.24, 2.45) is 5.92 Å². The Morgan fingerprint density at radius 2 is 1.65 bits per heavy atom. The minimum Gasteiger partial charge on any atom is -0.351 e. The summed E-state index contributed by atoms with van der Waals surface area (Å²) in [5.41, 5.74) is 2.81.